The lowest BCUT2D eigenvalue weighted by molar-refractivity contribution is -0.00805. The maximum Gasteiger partial charge on any atom is 0.193 e. The third-order valence-corrected chi connectivity index (χ3v) is 4.62. The molecule has 26 heavy (non-hydrogen) atoms. The molecule has 1 fully saturated rings. The van der Waals surface area contributed by atoms with Gasteiger partial charge in [-0.15, -0.1) is 0 Å². The average Bonchev–Trinajstić information content (AvgIpc) is 3.08. The molecule has 1 N–H and O–H groups in total. The van der Waals surface area contributed by atoms with Crippen LogP contribution in [0.25, 0.3) is 0 Å². The third kappa shape index (κ3) is 4.98. The lowest BCUT2D eigenvalue weighted by Crippen LogP contribution is -2.48. The zero-order chi connectivity index (χ0) is 18.4. The highest BCUT2D eigenvalue weighted by Gasteiger charge is 2.24. The fourth-order valence-corrected chi connectivity index (χ4v) is 3.25. The van der Waals surface area contributed by atoms with Gasteiger partial charge in [-0.25, -0.2) is 0 Å². The Balaban J connectivity index is 1.48. The van der Waals surface area contributed by atoms with Gasteiger partial charge in [0.1, 0.15) is 18.5 Å². The van der Waals surface area contributed by atoms with Crippen molar-refractivity contribution in [3.63, 3.8) is 0 Å². The monoisotopic (exact) mass is 421 g/mol. The average molecular weight is 422 g/mol. The Kier molecular flexibility index (Phi) is 6.51. The number of halogens is 1. The van der Waals surface area contributed by atoms with E-state index in [2.05, 4.69) is 36.2 Å². The predicted molar refractivity (Wildman–Crippen MR) is 104 cm³/mol. The molecule has 2 heterocycles. The summed E-state index contributed by atoms with van der Waals surface area (Å²) < 4.78 is 14.5. The van der Waals surface area contributed by atoms with Crippen LogP contribution in [-0.4, -0.2) is 60.5 Å². The quantitative estimate of drug-likeness (QED) is 0.455. The van der Waals surface area contributed by atoms with Crippen molar-refractivity contribution in [3.8, 4) is 5.75 Å². The van der Waals surface area contributed by atoms with Gasteiger partial charge in [-0.05, 0) is 18.2 Å². The number of nitrogens with zero attached hydrogens (tertiary/aromatic N) is 4. The van der Waals surface area contributed by atoms with Crippen molar-refractivity contribution in [1.29, 1.82) is 0 Å². The minimum absolute atomic E-state index is 0.00826. The Bertz CT molecular complexity index is 749. The zero-order valence-electron chi connectivity index (χ0n) is 15.1. The fraction of sp³-hybridized carbons (Fsp3) is 0.444. The number of aryl methyl sites for hydroxylation is 1. The van der Waals surface area contributed by atoms with E-state index in [-0.39, 0.29) is 6.10 Å². The highest BCUT2D eigenvalue weighted by atomic mass is 79.9. The van der Waals surface area contributed by atoms with Crippen LogP contribution in [0.5, 0.6) is 5.75 Å². The molecule has 0 saturated carbocycles. The van der Waals surface area contributed by atoms with Crippen LogP contribution in [0, 0.1) is 0 Å². The minimum atomic E-state index is 0.00826. The normalized spacial score (nSPS) is 18.0. The maximum atomic E-state index is 5.89. The molecule has 3 rings (SSSR count). The Labute approximate surface area is 162 Å². The highest BCUT2D eigenvalue weighted by Crippen LogP contribution is 2.21. The Morgan fingerprint density at radius 3 is 3.12 bits per heavy atom. The molecule has 0 bridgehead atoms. The first-order valence-electron chi connectivity index (χ1n) is 8.60. The standard InChI is InChI=1S/C18H24BrN5O2/c1-20-18(21-6-8-25-16-5-3-4-15(19)10-16)24-7-9-26-17(13-24)14-11-22-23(2)12-14/h3-5,10-12,17H,6-9,13H2,1-2H3,(H,20,21). The Hall–Kier alpha value is -2.06. The minimum Gasteiger partial charge on any atom is -0.492 e. The van der Waals surface area contributed by atoms with Gasteiger partial charge in [-0.2, -0.15) is 5.10 Å². The van der Waals surface area contributed by atoms with Crippen LogP contribution in [0.3, 0.4) is 0 Å². The second-order valence-corrected chi connectivity index (χ2v) is 6.95. The number of hydrogen-bond acceptors (Lipinski definition) is 4. The number of nitrogens with one attached hydrogen (secondary N) is 1. The van der Waals surface area contributed by atoms with Crippen LogP contribution < -0.4 is 10.1 Å². The number of benzene rings is 1. The van der Waals surface area contributed by atoms with Crippen LogP contribution in [0.4, 0.5) is 0 Å². The first kappa shape index (κ1) is 18.7. The summed E-state index contributed by atoms with van der Waals surface area (Å²) in [7, 11) is 3.71. The van der Waals surface area contributed by atoms with E-state index in [9.17, 15) is 0 Å². The molecule has 140 valence electrons. The van der Waals surface area contributed by atoms with Gasteiger partial charge in [-0.1, -0.05) is 22.0 Å². The van der Waals surface area contributed by atoms with Crippen LogP contribution in [0.2, 0.25) is 0 Å². The van der Waals surface area contributed by atoms with Gasteiger partial charge in [0, 0.05) is 36.9 Å². The number of morpholine rings is 1. The van der Waals surface area contributed by atoms with Crippen molar-refractivity contribution in [2.24, 2.45) is 12.0 Å². The molecule has 0 radical (unpaired) electrons. The summed E-state index contributed by atoms with van der Waals surface area (Å²) >= 11 is 3.44. The first-order valence-corrected chi connectivity index (χ1v) is 9.39. The van der Waals surface area contributed by atoms with Gasteiger partial charge in [0.2, 0.25) is 0 Å². The molecule has 2 aromatic rings. The van der Waals surface area contributed by atoms with Gasteiger partial charge in [0.15, 0.2) is 5.96 Å². The molecular weight excluding hydrogens is 398 g/mol. The van der Waals surface area contributed by atoms with E-state index in [1.54, 1.807) is 11.7 Å². The third-order valence-electron chi connectivity index (χ3n) is 4.12. The maximum absolute atomic E-state index is 5.89. The molecule has 1 aliphatic heterocycles. The molecule has 1 aromatic carbocycles. The Morgan fingerprint density at radius 1 is 1.50 bits per heavy atom. The van der Waals surface area contributed by atoms with Crippen LogP contribution in [0.15, 0.2) is 46.1 Å². The zero-order valence-corrected chi connectivity index (χ0v) is 16.6. The van der Waals surface area contributed by atoms with Crippen molar-refractivity contribution < 1.29 is 9.47 Å². The topological polar surface area (TPSA) is 63.9 Å². The number of rotatable bonds is 5. The van der Waals surface area contributed by atoms with Crippen molar-refractivity contribution >= 4 is 21.9 Å². The predicted octanol–water partition coefficient (Wildman–Crippen LogP) is 2.21. The van der Waals surface area contributed by atoms with E-state index in [0.29, 0.717) is 19.8 Å². The molecule has 1 aromatic heterocycles. The number of ether oxygens (including phenoxy) is 2. The van der Waals surface area contributed by atoms with Gasteiger partial charge >= 0.3 is 0 Å². The van der Waals surface area contributed by atoms with E-state index >= 15 is 0 Å². The number of aliphatic imine (C=N–C) groups is 1. The summed E-state index contributed by atoms with van der Waals surface area (Å²) in [4.78, 5) is 6.60. The SMILES string of the molecule is CN=C(NCCOc1cccc(Br)c1)N1CCOC(c2cnn(C)c2)C1. The summed E-state index contributed by atoms with van der Waals surface area (Å²) in [6, 6.07) is 7.83. The molecule has 1 saturated heterocycles. The fourth-order valence-electron chi connectivity index (χ4n) is 2.87. The van der Waals surface area contributed by atoms with E-state index < -0.39 is 0 Å². The molecule has 0 aliphatic carbocycles. The summed E-state index contributed by atoms with van der Waals surface area (Å²) in [6.07, 6.45) is 3.86. The number of guanidine groups is 1. The summed E-state index contributed by atoms with van der Waals surface area (Å²) in [5.41, 5.74) is 1.09. The second kappa shape index (κ2) is 9.05. The summed E-state index contributed by atoms with van der Waals surface area (Å²) in [5, 5.41) is 7.59. The number of hydrogen-bond donors (Lipinski definition) is 1. The number of aromatic nitrogens is 2. The highest BCUT2D eigenvalue weighted by molar-refractivity contribution is 9.10. The molecule has 0 spiro atoms. The van der Waals surface area contributed by atoms with Crippen molar-refractivity contribution in [1.82, 2.24) is 20.0 Å². The van der Waals surface area contributed by atoms with E-state index in [4.69, 9.17) is 9.47 Å². The molecule has 0 amide bonds. The molecule has 1 atom stereocenters. The second-order valence-electron chi connectivity index (χ2n) is 6.03. The van der Waals surface area contributed by atoms with E-state index in [0.717, 1.165) is 34.8 Å². The first-order chi connectivity index (χ1) is 12.7. The van der Waals surface area contributed by atoms with E-state index in [1.807, 2.05) is 43.7 Å². The lowest BCUT2D eigenvalue weighted by Gasteiger charge is -2.34. The van der Waals surface area contributed by atoms with Crippen molar-refractivity contribution in [2.45, 2.75) is 6.10 Å². The van der Waals surface area contributed by atoms with Crippen LogP contribution in [-0.2, 0) is 11.8 Å². The van der Waals surface area contributed by atoms with Crippen LogP contribution in [0.1, 0.15) is 11.7 Å². The smallest absolute Gasteiger partial charge is 0.193 e. The summed E-state index contributed by atoms with van der Waals surface area (Å²) in [5.74, 6) is 1.71. The lowest BCUT2D eigenvalue weighted by atomic mass is 10.1. The van der Waals surface area contributed by atoms with Crippen molar-refractivity contribution in [3.05, 3.63) is 46.7 Å². The van der Waals surface area contributed by atoms with Crippen molar-refractivity contribution in [2.75, 3.05) is 39.9 Å². The molecule has 1 aliphatic rings. The largest absolute Gasteiger partial charge is 0.492 e. The molecule has 8 heteroatoms. The molecular formula is C18H24BrN5O2. The van der Waals surface area contributed by atoms with Gasteiger partial charge in [-0.3, -0.25) is 9.67 Å². The van der Waals surface area contributed by atoms with Gasteiger partial charge in [0.05, 0.1) is 25.9 Å². The van der Waals surface area contributed by atoms with Gasteiger partial charge < -0.3 is 19.7 Å². The molecule has 1 unspecified atom stereocenters. The summed E-state index contributed by atoms with van der Waals surface area (Å²) in [6.45, 7) is 3.45. The van der Waals surface area contributed by atoms with Gasteiger partial charge in [0.25, 0.3) is 0 Å². The molecule has 7 nitrogen and oxygen atoms in total. The van der Waals surface area contributed by atoms with E-state index in [1.165, 1.54) is 0 Å². The Morgan fingerprint density at radius 2 is 2.38 bits per heavy atom. The van der Waals surface area contributed by atoms with Crippen LogP contribution >= 0.6 is 15.9 Å².